The second-order valence-corrected chi connectivity index (χ2v) is 4.18. The van der Waals surface area contributed by atoms with E-state index in [9.17, 15) is 18.3 Å². The van der Waals surface area contributed by atoms with Crippen LogP contribution in [-0.4, -0.2) is 5.11 Å². The standard InChI is InChI=1S/C11H11F3O/c1-11(15,6-2-3-6)7-4-8(12)10(14)9(13)5-7/h4-6,15H,2-3H2,1H3/t11-/m0/s1. The first kappa shape index (κ1) is 10.5. The van der Waals surface area contributed by atoms with Gasteiger partial charge in [-0.25, -0.2) is 13.2 Å². The van der Waals surface area contributed by atoms with Crippen LogP contribution >= 0.6 is 0 Å². The third-order valence-electron chi connectivity index (χ3n) is 2.94. The molecule has 0 spiro atoms. The van der Waals surface area contributed by atoms with E-state index in [1.807, 2.05) is 0 Å². The van der Waals surface area contributed by atoms with Crippen LogP contribution in [0.1, 0.15) is 25.3 Å². The van der Waals surface area contributed by atoms with Crippen LogP contribution in [0.4, 0.5) is 13.2 Å². The Hall–Kier alpha value is -1.03. The number of hydrogen-bond donors (Lipinski definition) is 1. The van der Waals surface area contributed by atoms with Gasteiger partial charge in [-0.1, -0.05) is 0 Å². The summed E-state index contributed by atoms with van der Waals surface area (Å²) in [7, 11) is 0. The molecule has 0 heterocycles. The predicted octanol–water partition coefficient (Wildman–Crippen LogP) is 2.72. The fourth-order valence-electron chi connectivity index (χ4n) is 1.73. The molecule has 1 fully saturated rings. The average Bonchev–Trinajstić information content (AvgIpc) is 2.96. The van der Waals surface area contributed by atoms with Gasteiger partial charge in [-0.05, 0) is 43.4 Å². The summed E-state index contributed by atoms with van der Waals surface area (Å²) < 4.78 is 38.5. The third-order valence-corrected chi connectivity index (χ3v) is 2.94. The number of aliphatic hydroxyl groups is 1. The molecule has 0 aliphatic heterocycles. The molecule has 2 rings (SSSR count). The van der Waals surface area contributed by atoms with E-state index in [0.717, 1.165) is 25.0 Å². The van der Waals surface area contributed by atoms with Gasteiger partial charge >= 0.3 is 0 Å². The maximum Gasteiger partial charge on any atom is 0.194 e. The van der Waals surface area contributed by atoms with E-state index in [2.05, 4.69) is 0 Å². The Labute approximate surface area is 85.5 Å². The van der Waals surface area contributed by atoms with Gasteiger partial charge < -0.3 is 5.11 Å². The van der Waals surface area contributed by atoms with E-state index in [4.69, 9.17) is 0 Å². The van der Waals surface area contributed by atoms with Crippen LogP contribution in [0.5, 0.6) is 0 Å². The summed E-state index contributed by atoms with van der Waals surface area (Å²) in [5.74, 6) is -4.00. The highest BCUT2D eigenvalue weighted by molar-refractivity contribution is 5.26. The van der Waals surface area contributed by atoms with E-state index < -0.39 is 23.1 Å². The first-order chi connectivity index (χ1) is 6.93. The molecule has 1 saturated carbocycles. The van der Waals surface area contributed by atoms with Crippen molar-refractivity contribution >= 4 is 0 Å². The summed E-state index contributed by atoms with van der Waals surface area (Å²) in [6.45, 7) is 1.50. The van der Waals surface area contributed by atoms with Crippen molar-refractivity contribution in [3.8, 4) is 0 Å². The van der Waals surface area contributed by atoms with Gasteiger partial charge in [0, 0.05) is 0 Å². The molecule has 15 heavy (non-hydrogen) atoms. The first-order valence-corrected chi connectivity index (χ1v) is 4.80. The van der Waals surface area contributed by atoms with Crippen molar-refractivity contribution in [3.05, 3.63) is 35.1 Å². The Morgan fingerprint density at radius 3 is 2.07 bits per heavy atom. The smallest absolute Gasteiger partial charge is 0.194 e. The van der Waals surface area contributed by atoms with Crippen LogP contribution < -0.4 is 0 Å². The molecule has 82 valence electrons. The molecule has 0 unspecified atom stereocenters. The van der Waals surface area contributed by atoms with Gasteiger partial charge in [0.05, 0.1) is 5.60 Å². The van der Waals surface area contributed by atoms with Gasteiger partial charge in [-0.3, -0.25) is 0 Å². The second kappa shape index (κ2) is 3.23. The lowest BCUT2D eigenvalue weighted by molar-refractivity contribution is 0.0323. The van der Waals surface area contributed by atoms with Gasteiger partial charge in [-0.15, -0.1) is 0 Å². The van der Waals surface area contributed by atoms with Crippen LogP contribution in [0.25, 0.3) is 0 Å². The minimum atomic E-state index is -1.50. The van der Waals surface area contributed by atoms with E-state index >= 15 is 0 Å². The summed E-state index contributed by atoms with van der Waals surface area (Å²) >= 11 is 0. The van der Waals surface area contributed by atoms with Gasteiger partial charge in [0.15, 0.2) is 17.5 Å². The molecular weight excluding hydrogens is 205 g/mol. The zero-order valence-corrected chi connectivity index (χ0v) is 8.23. The topological polar surface area (TPSA) is 20.2 Å². The average molecular weight is 216 g/mol. The van der Waals surface area contributed by atoms with Gasteiger partial charge in [0.2, 0.25) is 0 Å². The van der Waals surface area contributed by atoms with Crippen molar-refractivity contribution in [1.82, 2.24) is 0 Å². The molecule has 4 heteroatoms. The summed E-state index contributed by atoms with van der Waals surface area (Å²) in [5.41, 5.74) is -1.17. The Balaban J connectivity index is 2.44. The van der Waals surface area contributed by atoms with Crippen molar-refractivity contribution < 1.29 is 18.3 Å². The largest absolute Gasteiger partial charge is 0.385 e. The molecule has 0 saturated heterocycles. The van der Waals surface area contributed by atoms with Crippen LogP contribution in [0, 0.1) is 23.4 Å². The Bertz CT molecular complexity index is 374. The molecule has 1 aliphatic rings. The molecule has 0 amide bonds. The lowest BCUT2D eigenvalue weighted by Gasteiger charge is -2.23. The number of rotatable bonds is 2. The number of benzene rings is 1. The molecule has 1 aromatic carbocycles. The highest BCUT2D eigenvalue weighted by Crippen LogP contribution is 2.45. The maximum atomic E-state index is 12.9. The highest BCUT2D eigenvalue weighted by atomic mass is 19.2. The summed E-state index contributed by atoms with van der Waals surface area (Å²) in [6, 6.07) is 1.72. The molecule has 0 radical (unpaired) electrons. The molecular formula is C11H11F3O. The lowest BCUT2D eigenvalue weighted by atomic mass is 9.91. The Kier molecular flexibility index (Phi) is 2.26. The fourth-order valence-corrected chi connectivity index (χ4v) is 1.73. The molecule has 1 aromatic rings. The maximum absolute atomic E-state index is 12.9. The van der Waals surface area contributed by atoms with Crippen molar-refractivity contribution in [1.29, 1.82) is 0 Å². The van der Waals surface area contributed by atoms with Crippen LogP contribution in [0.3, 0.4) is 0 Å². The minimum absolute atomic E-state index is 0.0155. The SMILES string of the molecule is C[C@@](O)(c1cc(F)c(F)c(F)c1)C1CC1. The highest BCUT2D eigenvalue weighted by Gasteiger charge is 2.41. The minimum Gasteiger partial charge on any atom is -0.385 e. The van der Waals surface area contributed by atoms with E-state index in [1.165, 1.54) is 6.92 Å². The molecule has 1 N–H and O–H groups in total. The third kappa shape index (κ3) is 1.74. The predicted molar refractivity (Wildman–Crippen MR) is 48.6 cm³/mol. The van der Waals surface area contributed by atoms with E-state index in [0.29, 0.717) is 0 Å². The van der Waals surface area contributed by atoms with E-state index in [1.54, 1.807) is 0 Å². The normalized spacial score (nSPS) is 20.1. The number of halogens is 3. The zero-order valence-electron chi connectivity index (χ0n) is 8.23. The van der Waals surface area contributed by atoms with Gasteiger partial charge in [0.25, 0.3) is 0 Å². The van der Waals surface area contributed by atoms with Gasteiger partial charge in [-0.2, -0.15) is 0 Å². The Morgan fingerprint density at radius 2 is 1.67 bits per heavy atom. The fraction of sp³-hybridized carbons (Fsp3) is 0.455. The Morgan fingerprint density at radius 1 is 1.20 bits per heavy atom. The molecule has 1 aliphatic carbocycles. The summed E-state index contributed by atoms with van der Waals surface area (Å²) in [5, 5.41) is 10.0. The van der Waals surface area contributed by atoms with Crippen molar-refractivity contribution in [2.75, 3.05) is 0 Å². The van der Waals surface area contributed by atoms with Crippen LogP contribution in [0.15, 0.2) is 12.1 Å². The first-order valence-electron chi connectivity index (χ1n) is 4.80. The van der Waals surface area contributed by atoms with Crippen molar-refractivity contribution in [3.63, 3.8) is 0 Å². The molecule has 1 atom stereocenters. The molecule has 0 aromatic heterocycles. The lowest BCUT2D eigenvalue weighted by Crippen LogP contribution is -2.24. The molecule has 0 bridgehead atoms. The van der Waals surface area contributed by atoms with Gasteiger partial charge in [0.1, 0.15) is 0 Å². The summed E-state index contributed by atoms with van der Waals surface area (Å²) in [6.07, 6.45) is 1.65. The number of hydrogen-bond acceptors (Lipinski definition) is 1. The van der Waals surface area contributed by atoms with Crippen molar-refractivity contribution in [2.24, 2.45) is 5.92 Å². The monoisotopic (exact) mass is 216 g/mol. The summed E-state index contributed by atoms with van der Waals surface area (Å²) in [4.78, 5) is 0. The van der Waals surface area contributed by atoms with Crippen LogP contribution in [0.2, 0.25) is 0 Å². The zero-order chi connectivity index (χ0) is 11.2. The van der Waals surface area contributed by atoms with Crippen LogP contribution in [-0.2, 0) is 5.60 Å². The quantitative estimate of drug-likeness (QED) is 0.753. The second-order valence-electron chi connectivity index (χ2n) is 4.18. The molecule has 1 nitrogen and oxygen atoms in total. The van der Waals surface area contributed by atoms with Crippen molar-refractivity contribution in [2.45, 2.75) is 25.4 Å². The van der Waals surface area contributed by atoms with E-state index in [-0.39, 0.29) is 11.5 Å².